The number of aryl methyl sites for hydroxylation is 1. The summed E-state index contributed by atoms with van der Waals surface area (Å²) in [7, 11) is -0.440. The zero-order chi connectivity index (χ0) is 16.2. The van der Waals surface area contributed by atoms with Crippen molar-refractivity contribution in [1.82, 2.24) is 4.72 Å². The summed E-state index contributed by atoms with van der Waals surface area (Å²) >= 11 is 0. The normalized spacial score (nSPS) is 11.2. The number of hydrogen-bond donors (Lipinski definition) is 1. The van der Waals surface area contributed by atoms with Gasteiger partial charge in [0.25, 0.3) is 0 Å². The molecule has 2 aromatic carbocycles. The Kier molecular flexibility index (Phi) is 5.05. The molecule has 0 aliphatic heterocycles. The number of benzene rings is 2. The Morgan fingerprint density at radius 2 is 1.59 bits per heavy atom. The molecule has 2 aromatic rings. The van der Waals surface area contributed by atoms with E-state index in [0.717, 1.165) is 11.1 Å². The third kappa shape index (κ3) is 3.78. The van der Waals surface area contributed by atoms with Crippen molar-refractivity contribution in [3.63, 3.8) is 0 Å². The first kappa shape index (κ1) is 16.3. The van der Waals surface area contributed by atoms with Gasteiger partial charge < -0.3 is 9.47 Å². The van der Waals surface area contributed by atoms with Gasteiger partial charge in [-0.15, -0.1) is 0 Å². The Labute approximate surface area is 130 Å². The average Bonchev–Trinajstić information content (AvgIpc) is 2.53. The second-order valence-electron chi connectivity index (χ2n) is 4.83. The topological polar surface area (TPSA) is 64.6 Å². The van der Waals surface area contributed by atoms with E-state index in [1.54, 1.807) is 49.6 Å². The number of hydrogen-bond acceptors (Lipinski definition) is 4. The summed E-state index contributed by atoms with van der Waals surface area (Å²) in [6.45, 7) is 2.09. The lowest BCUT2D eigenvalue weighted by molar-refractivity contribution is 0.354. The smallest absolute Gasteiger partial charge is 0.240 e. The van der Waals surface area contributed by atoms with Crippen LogP contribution >= 0.6 is 0 Å². The molecule has 118 valence electrons. The van der Waals surface area contributed by atoms with Crippen molar-refractivity contribution in [2.24, 2.45) is 0 Å². The molecule has 0 amide bonds. The van der Waals surface area contributed by atoms with E-state index in [1.807, 2.05) is 6.92 Å². The van der Waals surface area contributed by atoms with Gasteiger partial charge >= 0.3 is 0 Å². The van der Waals surface area contributed by atoms with E-state index in [2.05, 4.69) is 4.72 Å². The highest BCUT2D eigenvalue weighted by Gasteiger charge is 2.14. The lowest BCUT2D eigenvalue weighted by Gasteiger charge is -2.11. The van der Waals surface area contributed by atoms with Crippen LogP contribution in [0.2, 0.25) is 0 Å². The van der Waals surface area contributed by atoms with E-state index in [0.29, 0.717) is 11.5 Å². The van der Waals surface area contributed by atoms with Gasteiger partial charge in [-0.25, -0.2) is 13.1 Å². The van der Waals surface area contributed by atoms with E-state index < -0.39 is 10.0 Å². The highest BCUT2D eigenvalue weighted by molar-refractivity contribution is 7.89. The first-order valence-corrected chi connectivity index (χ1v) is 8.22. The summed E-state index contributed by atoms with van der Waals surface area (Å²) in [6, 6.07) is 12.0. The van der Waals surface area contributed by atoms with Crippen LogP contribution in [0.3, 0.4) is 0 Å². The molecule has 0 aromatic heterocycles. The van der Waals surface area contributed by atoms with Crippen LogP contribution in [0.15, 0.2) is 47.4 Å². The van der Waals surface area contributed by atoms with Crippen LogP contribution < -0.4 is 14.2 Å². The fraction of sp³-hybridized carbons (Fsp3) is 0.250. The highest BCUT2D eigenvalue weighted by Crippen LogP contribution is 2.27. The molecule has 22 heavy (non-hydrogen) atoms. The van der Waals surface area contributed by atoms with E-state index in [-0.39, 0.29) is 11.4 Å². The molecular formula is C16H19NO4S. The summed E-state index contributed by atoms with van der Waals surface area (Å²) in [6.07, 6.45) is 0. The molecule has 1 N–H and O–H groups in total. The number of rotatable bonds is 6. The van der Waals surface area contributed by atoms with Gasteiger partial charge in [0.15, 0.2) is 11.5 Å². The predicted octanol–water partition coefficient (Wildman–Crippen LogP) is 2.49. The minimum absolute atomic E-state index is 0.177. The second-order valence-corrected chi connectivity index (χ2v) is 6.59. The SMILES string of the molecule is COc1ccc(CNS(=O)(=O)c2ccc(C)cc2)cc1OC. The predicted molar refractivity (Wildman–Crippen MR) is 84.8 cm³/mol. The minimum Gasteiger partial charge on any atom is -0.493 e. The van der Waals surface area contributed by atoms with Gasteiger partial charge in [-0.1, -0.05) is 23.8 Å². The van der Waals surface area contributed by atoms with Gasteiger partial charge in [0.05, 0.1) is 19.1 Å². The molecule has 0 bridgehead atoms. The summed E-state index contributed by atoms with van der Waals surface area (Å²) in [4.78, 5) is 0.249. The zero-order valence-corrected chi connectivity index (χ0v) is 13.6. The Balaban J connectivity index is 2.13. The average molecular weight is 321 g/mol. The molecule has 0 saturated carbocycles. The van der Waals surface area contributed by atoms with E-state index in [4.69, 9.17) is 9.47 Å². The third-order valence-electron chi connectivity index (χ3n) is 3.25. The summed E-state index contributed by atoms with van der Waals surface area (Å²) in [5, 5.41) is 0. The fourth-order valence-corrected chi connectivity index (χ4v) is 2.99. The quantitative estimate of drug-likeness (QED) is 0.888. The summed E-state index contributed by atoms with van der Waals surface area (Å²) < 4.78 is 37.4. The standard InChI is InChI=1S/C16H19NO4S/c1-12-4-7-14(8-5-12)22(18,19)17-11-13-6-9-15(20-2)16(10-13)21-3/h4-10,17H,11H2,1-3H3. The second kappa shape index (κ2) is 6.81. The van der Waals surface area contributed by atoms with Gasteiger partial charge in [0, 0.05) is 6.54 Å². The van der Waals surface area contributed by atoms with Crippen molar-refractivity contribution in [1.29, 1.82) is 0 Å². The molecule has 0 atom stereocenters. The van der Waals surface area contributed by atoms with Gasteiger partial charge in [0.2, 0.25) is 10.0 Å². The van der Waals surface area contributed by atoms with Crippen LogP contribution in [0.25, 0.3) is 0 Å². The number of methoxy groups -OCH3 is 2. The maximum absolute atomic E-state index is 12.2. The maximum atomic E-state index is 12.2. The van der Waals surface area contributed by atoms with Crippen LogP contribution in [0.1, 0.15) is 11.1 Å². The van der Waals surface area contributed by atoms with Gasteiger partial charge in [0.1, 0.15) is 0 Å². The lowest BCUT2D eigenvalue weighted by Crippen LogP contribution is -2.23. The van der Waals surface area contributed by atoms with E-state index in [9.17, 15) is 8.42 Å². The van der Waals surface area contributed by atoms with Crippen LogP contribution in [0, 0.1) is 6.92 Å². The Morgan fingerprint density at radius 3 is 2.18 bits per heavy atom. The van der Waals surface area contributed by atoms with Crippen LogP contribution in [-0.2, 0) is 16.6 Å². The van der Waals surface area contributed by atoms with Crippen molar-refractivity contribution >= 4 is 10.0 Å². The van der Waals surface area contributed by atoms with Crippen molar-refractivity contribution in [2.75, 3.05) is 14.2 Å². The van der Waals surface area contributed by atoms with Crippen LogP contribution in [-0.4, -0.2) is 22.6 Å². The zero-order valence-electron chi connectivity index (χ0n) is 12.8. The molecule has 0 aliphatic carbocycles. The van der Waals surface area contributed by atoms with Crippen LogP contribution in [0.4, 0.5) is 0 Å². The van der Waals surface area contributed by atoms with Crippen LogP contribution in [0.5, 0.6) is 11.5 Å². The fourth-order valence-electron chi connectivity index (χ4n) is 1.97. The van der Waals surface area contributed by atoms with Crippen molar-refractivity contribution in [3.05, 3.63) is 53.6 Å². The molecule has 0 aliphatic rings. The first-order valence-electron chi connectivity index (χ1n) is 6.73. The molecule has 6 heteroatoms. The molecule has 0 saturated heterocycles. The van der Waals surface area contributed by atoms with Crippen molar-refractivity contribution < 1.29 is 17.9 Å². The third-order valence-corrected chi connectivity index (χ3v) is 4.66. The molecule has 0 heterocycles. The lowest BCUT2D eigenvalue weighted by atomic mass is 10.2. The van der Waals surface area contributed by atoms with Crippen molar-refractivity contribution in [3.8, 4) is 11.5 Å². The summed E-state index contributed by atoms with van der Waals surface area (Å²) in [5.74, 6) is 1.17. The highest BCUT2D eigenvalue weighted by atomic mass is 32.2. The Hall–Kier alpha value is -2.05. The largest absolute Gasteiger partial charge is 0.493 e. The molecule has 2 rings (SSSR count). The molecule has 0 spiro atoms. The van der Waals surface area contributed by atoms with Gasteiger partial charge in [-0.2, -0.15) is 0 Å². The monoisotopic (exact) mass is 321 g/mol. The Bertz CT molecular complexity index is 739. The molecule has 0 unspecified atom stereocenters. The number of nitrogens with one attached hydrogen (secondary N) is 1. The number of ether oxygens (including phenoxy) is 2. The van der Waals surface area contributed by atoms with E-state index >= 15 is 0 Å². The van der Waals surface area contributed by atoms with Gasteiger partial charge in [-0.05, 0) is 36.8 Å². The molecule has 0 radical (unpaired) electrons. The molecule has 0 fully saturated rings. The summed E-state index contributed by atoms with van der Waals surface area (Å²) in [5.41, 5.74) is 1.80. The van der Waals surface area contributed by atoms with Crippen molar-refractivity contribution in [2.45, 2.75) is 18.4 Å². The first-order chi connectivity index (χ1) is 10.5. The van der Waals surface area contributed by atoms with E-state index in [1.165, 1.54) is 7.11 Å². The maximum Gasteiger partial charge on any atom is 0.240 e. The van der Waals surface area contributed by atoms with Gasteiger partial charge in [-0.3, -0.25) is 0 Å². The molecule has 5 nitrogen and oxygen atoms in total. The minimum atomic E-state index is -3.53. The number of sulfonamides is 1. The molecular weight excluding hydrogens is 302 g/mol. The Morgan fingerprint density at radius 1 is 0.955 bits per heavy atom.